The van der Waals surface area contributed by atoms with Gasteiger partial charge in [-0.2, -0.15) is 0 Å². The standard InChI is InChI=1S/C21H19N.Cr/c1-2-22-21(18-12-6-3-7-13-18,19-14-8-4-9-15-19)20-16-10-5-11-17-20;/h3-17,22H,1H3;. The summed E-state index contributed by atoms with van der Waals surface area (Å²) in [4.78, 5) is 0. The Morgan fingerprint density at radius 2 is 0.957 bits per heavy atom. The molecule has 0 spiro atoms. The molecule has 23 heavy (non-hydrogen) atoms. The van der Waals surface area contributed by atoms with Gasteiger partial charge in [0, 0.05) is 0 Å². The summed E-state index contributed by atoms with van der Waals surface area (Å²) >= 11 is 3.11. The first-order valence-corrected chi connectivity index (χ1v) is 8.32. The summed E-state index contributed by atoms with van der Waals surface area (Å²) < 4.78 is 1.06. The molecule has 0 aliphatic carbocycles. The maximum atomic E-state index is 3.70. The predicted molar refractivity (Wildman–Crippen MR) is 93.0 cm³/mol. The third-order valence-corrected chi connectivity index (χ3v) is 4.14. The zero-order valence-corrected chi connectivity index (χ0v) is 14.3. The van der Waals surface area contributed by atoms with E-state index < -0.39 is 5.54 Å². The summed E-state index contributed by atoms with van der Waals surface area (Å²) in [6.45, 7) is 2.06. The van der Waals surface area contributed by atoms with Crippen LogP contribution in [0.3, 0.4) is 0 Å². The van der Waals surface area contributed by atoms with E-state index >= 15 is 0 Å². The van der Waals surface area contributed by atoms with Crippen LogP contribution >= 0.6 is 0 Å². The van der Waals surface area contributed by atoms with Crippen molar-refractivity contribution in [3.05, 3.63) is 108 Å². The molecule has 0 aliphatic rings. The van der Waals surface area contributed by atoms with Crippen LogP contribution in [0.2, 0.25) is 0 Å². The van der Waals surface area contributed by atoms with Crippen LogP contribution in [-0.2, 0) is 21.4 Å². The van der Waals surface area contributed by atoms with Crippen LogP contribution in [-0.4, -0.2) is 4.50 Å². The third-order valence-electron chi connectivity index (χ3n) is 3.98. The number of benzene rings is 3. The third kappa shape index (κ3) is 3.21. The van der Waals surface area contributed by atoms with Gasteiger partial charge in [-0.1, -0.05) is 0 Å². The second-order valence-electron chi connectivity index (χ2n) is 5.53. The summed E-state index contributed by atoms with van der Waals surface area (Å²) in [5.41, 5.74) is 3.23. The summed E-state index contributed by atoms with van der Waals surface area (Å²) in [7, 11) is 0. The molecule has 3 aromatic carbocycles. The van der Waals surface area contributed by atoms with Crippen LogP contribution in [0.25, 0.3) is 0 Å². The summed E-state index contributed by atoms with van der Waals surface area (Å²) in [5.74, 6) is 0. The van der Waals surface area contributed by atoms with Gasteiger partial charge in [-0.05, 0) is 0 Å². The average Bonchev–Trinajstić information content (AvgIpc) is 2.62. The van der Waals surface area contributed by atoms with E-state index in [0.29, 0.717) is 0 Å². The molecule has 1 nitrogen and oxygen atoms in total. The first kappa shape index (κ1) is 15.9. The van der Waals surface area contributed by atoms with Crippen LogP contribution < -0.4 is 5.32 Å². The molecule has 0 amide bonds. The second kappa shape index (κ2) is 7.07. The minimum atomic E-state index is -0.418. The molecule has 0 saturated carbocycles. The zero-order chi connectivity index (χ0) is 16.1. The molecule has 3 rings (SSSR count). The van der Waals surface area contributed by atoms with E-state index in [1.807, 2.05) is 0 Å². The van der Waals surface area contributed by atoms with Gasteiger partial charge in [0.25, 0.3) is 0 Å². The van der Waals surface area contributed by atoms with Gasteiger partial charge in [-0.25, -0.2) is 0 Å². The minimum absolute atomic E-state index is 0.418. The van der Waals surface area contributed by atoms with E-state index in [0.717, 1.165) is 4.50 Å². The molecule has 3 aromatic rings. The zero-order valence-electron chi connectivity index (χ0n) is 13.1. The van der Waals surface area contributed by atoms with Crippen molar-refractivity contribution in [2.24, 2.45) is 0 Å². The fourth-order valence-corrected chi connectivity index (χ4v) is 3.28. The average molecular weight is 337 g/mol. The molecule has 0 fully saturated rings. The number of rotatable bonds is 5. The Hall–Kier alpha value is -1.98. The van der Waals surface area contributed by atoms with Crippen molar-refractivity contribution in [3.63, 3.8) is 0 Å². The van der Waals surface area contributed by atoms with Crippen molar-refractivity contribution in [2.45, 2.75) is 12.5 Å². The maximum absolute atomic E-state index is 3.70. The molecule has 0 aliphatic heterocycles. The fraction of sp³-hybridized carbons (Fsp3) is 0.0952. The molecular formula is C21H19CrN. The van der Waals surface area contributed by atoms with Gasteiger partial charge >= 0.3 is 146 Å². The summed E-state index contributed by atoms with van der Waals surface area (Å²) in [5, 5.41) is 3.70. The van der Waals surface area contributed by atoms with E-state index in [1.54, 1.807) is 0 Å². The molecule has 0 atom stereocenters. The van der Waals surface area contributed by atoms with E-state index in [2.05, 4.69) is 119 Å². The predicted octanol–water partition coefficient (Wildman–Crippen LogP) is 4.26. The van der Waals surface area contributed by atoms with Crippen molar-refractivity contribution >= 4 is 4.50 Å². The molecule has 0 aromatic heterocycles. The number of hydrogen-bond acceptors (Lipinski definition) is 1. The summed E-state index contributed by atoms with van der Waals surface area (Å²) in [6, 6.07) is 31.8. The molecule has 0 saturated heterocycles. The molecule has 2 heteroatoms. The van der Waals surface area contributed by atoms with Crippen LogP contribution in [0.15, 0.2) is 91.0 Å². The first-order valence-electron chi connectivity index (χ1n) is 7.69. The van der Waals surface area contributed by atoms with Crippen molar-refractivity contribution < 1.29 is 15.9 Å². The Morgan fingerprint density at radius 3 is 1.22 bits per heavy atom. The quantitative estimate of drug-likeness (QED) is 0.686. The van der Waals surface area contributed by atoms with Crippen LogP contribution in [0, 0.1) is 0 Å². The fourth-order valence-electron chi connectivity index (χ4n) is 3.05. The normalized spacial score (nSPS) is 11.2. The molecule has 0 radical (unpaired) electrons. The topological polar surface area (TPSA) is 12.0 Å². The van der Waals surface area contributed by atoms with Gasteiger partial charge in [0.2, 0.25) is 0 Å². The van der Waals surface area contributed by atoms with Crippen molar-refractivity contribution in [2.75, 3.05) is 0 Å². The van der Waals surface area contributed by atoms with Crippen molar-refractivity contribution in [1.29, 1.82) is 0 Å². The van der Waals surface area contributed by atoms with Gasteiger partial charge in [-0.15, -0.1) is 0 Å². The number of hydrogen-bond donors (Lipinski definition) is 1. The Bertz CT molecular complexity index is 670. The molecular weight excluding hydrogens is 318 g/mol. The van der Waals surface area contributed by atoms with Gasteiger partial charge in [0.1, 0.15) is 0 Å². The molecule has 0 unspecified atom stereocenters. The molecule has 1 N–H and O–H groups in total. The van der Waals surface area contributed by atoms with E-state index in [1.165, 1.54) is 16.7 Å². The molecule has 114 valence electrons. The second-order valence-corrected chi connectivity index (χ2v) is 6.49. The monoisotopic (exact) mass is 337 g/mol. The van der Waals surface area contributed by atoms with E-state index in [4.69, 9.17) is 0 Å². The Labute approximate surface area is 146 Å². The number of nitrogens with one attached hydrogen (secondary N) is 1. The SMILES string of the molecule is C[C](=[Cr])NC(c1ccccc1)(c1ccccc1)c1ccccc1. The van der Waals surface area contributed by atoms with Gasteiger partial charge in [0.05, 0.1) is 0 Å². The van der Waals surface area contributed by atoms with Crippen LogP contribution in [0.1, 0.15) is 23.6 Å². The van der Waals surface area contributed by atoms with Crippen LogP contribution in [0.4, 0.5) is 0 Å². The van der Waals surface area contributed by atoms with E-state index in [-0.39, 0.29) is 0 Å². The first-order chi connectivity index (χ1) is 11.2. The van der Waals surface area contributed by atoms with Crippen LogP contribution in [0.5, 0.6) is 0 Å². The van der Waals surface area contributed by atoms with Crippen molar-refractivity contribution in [3.8, 4) is 0 Å². The summed E-state index contributed by atoms with van der Waals surface area (Å²) in [6.07, 6.45) is 0. The van der Waals surface area contributed by atoms with Gasteiger partial charge in [0.15, 0.2) is 0 Å². The van der Waals surface area contributed by atoms with Gasteiger partial charge in [-0.3, -0.25) is 0 Å². The molecule has 0 bridgehead atoms. The van der Waals surface area contributed by atoms with E-state index in [9.17, 15) is 0 Å². The Kier molecular flexibility index (Phi) is 4.88. The molecule has 0 heterocycles. The Morgan fingerprint density at radius 1 is 0.652 bits per heavy atom. The van der Waals surface area contributed by atoms with Gasteiger partial charge < -0.3 is 0 Å². The van der Waals surface area contributed by atoms with Crippen molar-refractivity contribution in [1.82, 2.24) is 5.32 Å². The Balaban J connectivity index is 2.32.